The number of carbonyl (C=O) groups excluding carboxylic acids is 1. The van der Waals surface area contributed by atoms with E-state index in [4.69, 9.17) is 10.1 Å². The maximum Gasteiger partial charge on any atom is 0.282 e. The predicted octanol–water partition coefficient (Wildman–Crippen LogP) is 7.94. The summed E-state index contributed by atoms with van der Waals surface area (Å²) in [4.78, 5) is 33.6. The van der Waals surface area contributed by atoms with Crippen molar-refractivity contribution < 1.29 is 4.79 Å². The minimum Gasteiger partial charge on any atom is -0.322 e. The summed E-state index contributed by atoms with van der Waals surface area (Å²) in [5, 5.41) is 9.28. The molecule has 2 aromatic carbocycles. The van der Waals surface area contributed by atoms with Gasteiger partial charge in [-0.25, -0.2) is 4.98 Å². The number of fused-ring (bicyclic) bond motifs is 2. The molecule has 1 aliphatic rings. The fraction of sp³-hybridized carbons (Fsp3) is 0.294. The van der Waals surface area contributed by atoms with Gasteiger partial charge in [-0.05, 0) is 81.5 Å². The van der Waals surface area contributed by atoms with Crippen LogP contribution in [0, 0.1) is 13.8 Å². The highest BCUT2D eigenvalue weighted by molar-refractivity contribution is 9.10. The second kappa shape index (κ2) is 11.4. The van der Waals surface area contributed by atoms with Crippen LogP contribution in [0.3, 0.4) is 0 Å². The molecule has 1 aliphatic carbocycles. The van der Waals surface area contributed by atoms with Crippen LogP contribution in [0.4, 0.5) is 5.69 Å². The minimum absolute atomic E-state index is 0.0851. The Labute approximate surface area is 263 Å². The molecular weight excluding hydrogens is 622 g/mol. The fourth-order valence-corrected chi connectivity index (χ4v) is 7.61. The van der Waals surface area contributed by atoms with Crippen molar-refractivity contribution in [2.75, 3.05) is 5.32 Å². The lowest BCUT2D eigenvalue weighted by molar-refractivity contribution is 0.102. The standard InChI is InChI=1S/C34H34BrN5O2S/c1-20-17-22(19-36-40-31(42)26-18-23(35)15-16-27(26)38-33(40)34(3,4)5)21(2)39(20)32-29(25-13-9-10-14-28(25)43-32)30(41)37-24-11-7-6-8-12-24/h6-8,11-12,15-19H,9-10,13-14H2,1-5H3,(H,37,41). The van der Waals surface area contributed by atoms with Gasteiger partial charge in [-0.2, -0.15) is 9.78 Å². The van der Waals surface area contributed by atoms with Gasteiger partial charge in [0.05, 0.1) is 22.7 Å². The Bertz CT molecular complexity index is 1960. The molecule has 3 heterocycles. The lowest BCUT2D eigenvalue weighted by Crippen LogP contribution is -2.29. The van der Waals surface area contributed by atoms with E-state index < -0.39 is 5.41 Å². The molecule has 0 saturated heterocycles. The van der Waals surface area contributed by atoms with Crippen LogP contribution in [0.15, 0.2) is 69.0 Å². The van der Waals surface area contributed by atoms with Crippen LogP contribution in [0.5, 0.6) is 0 Å². The molecule has 0 atom stereocenters. The Morgan fingerprint density at radius 1 is 1.07 bits per heavy atom. The SMILES string of the molecule is Cc1cc(C=Nn2c(C(C)(C)C)nc3ccc(Br)cc3c2=O)c(C)n1-c1sc2c(c1C(=O)Nc1ccccc1)CCCC2. The second-order valence-electron chi connectivity index (χ2n) is 12.1. The maximum absolute atomic E-state index is 13.8. The molecule has 0 radical (unpaired) electrons. The summed E-state index contributed by atoms with van der Waals surface area (Å²) in [6.45, 7) is 10.2. The number of aromatic nitrogens is 3. The molecule has 1 N–H and O–H groups in total. The molecule has 0 unspecified atom stereocenters. The first kappa shape index (κ1) is 29.3. The molecule has 9 heteroatoms. The summed E-state index contributed by atoms with van der Waals surface area (Å²) >= 11 is 5.19. The number of anilines is 1. The summed E-state index contributed by atoms with van der Waals surface area (Å²) < 4.78 is 4.39. The van der Waals surface area contributed by atoms with E-state index in [-0.39, 0.29) is 11.5 Å². The molecule has 43 heavy (non-hydrogen) atoms. The van der Waals surface area contributed by atoms with Crippen molar-refractivity contribution in [2.24, 2.45) is 5.10 Å². The number of halogens is 1. The van der Waals surface area contributed by atoms with Crippen LogP contribution in [0.25, 0.3) is 15.9 Å². The average molecular weight is 657 g/mol. The van der Waals surface area contributed by atoms with Gasteiger partial charge in [-0.15, -0.1) is 11.3 Å². The summed E-state index contributed by atoms with van der Waals surface area (Å²) in [5.41, 5.74) is 5.54. The van der Waals surface area contributed by atoms with Crippen LogP contribution < -0.4 is 10.9 Å². The third kappa shape index (κ3) is 5.52. The van der Waals surface area contributed by atoms with Gasteiger partial charge < -0.3 is 9.88 Å². The van der Waals surface area contributed by atoms with Gasteiger partial charge in [0.2, 0.25) is 0 Å². The van der Waals surface area contributed by atoms with Gasteiger partial charge in [0.15, 0.2) is 0 Å². The molecule has 0 aliphatic heterocycles. The van der Waals surface area contributed by atoms with Crippen molar-refractivity contribution in [3.05, 3.63) is 108 Å². The van der Waals surface area contributed by atoms with Crippen LogP contribution in [0.2, 0.25) is 0 Å². The Kier molecular flexibility index (Phi) is 7.73. The molecule has 220 valence electrons. The number of thiophene rings is 1. The fourth-order valence-electron chi connectivity index (χ4n) is 5.75. The van der Waals surface area contributed by atoms with E-state index in [1.54, 1.807) is 23.6 Å². The number of hydrogen-bond acceptors (Lipinski definition) is 5. The highest BCUT2D eigenvalue weighted by atomic mass is 79.9. The Morgan fingerprint density at radius 3 is 2.56 bits per heavy atom. The minimum atomic E-state index is -0.411. The monoisotopic (exact) mass is 655 g/mol. The predicted molar refractivity (Wildman–Crippen MR) is 180 cm³/mol. The van der Waals surface area contributed by atoms with E-state index in [0.717, 1.165) is 68.9 Å². The van der Waals surface area contributed by atoms with E-state index in [9.17, 15) is 9.59 Å². The molecule has 0 fully saturated rings. The van der Waals surface area contributed by atoms with Gasteiger partial charge >= 0.3 is 0 Å². The molecule has 7 nitrogen and oxygen atoms in total. The van der Waals surface area contributed by atoms with Crippen molar-refractivity contribution in [2.45, 2.75) is 65.7 Å². The highest BCUT2D eigenvalue weighted by Gasteiger charge is 2.28. The molecule has 0 bridgehead atoms. The third-order valence-electron chi connectivity index (χ3n) is 7.88. The largest absolute Gasteiger partial charge is 0.322 e. The first-order chi connectivity index (χ1) is 20.5. The Balaban J connectivity index is 1.45. The third-order valence-corrected chi connectivity index (χ3v) is 9.65. The molecular formula is C34H34BrN5O2S. The van der Waals surface area contributed by atoms with Crippen LogP contribution in [0.1, 0.15) is 77.2 Å². The van der Waals surface area contributed by atoms with Crippen molar-refractivity contribution in [3.8, 4) is 5.00 Å². The van der Waals surface area contributed by atoms with E-state index in [2.05, 4.69) is 31.9 Å². The molecule has 5 aromatic rings. The Morgan fingerprint density at radius 2 is 1.81 bits per heavy atom. The zero-order chi connectivity index (χ0) is 30.5. The quantitative estimate of drug-likeness (QED) is 0.195. The lowest BCUT2D eigenvalue weighted by atomic mass is 9.95. The van der Waals surface area contributed by atoms with Gasteiger partial charge in [0, 0.05) is 37.4 Å². The van der Waals surface area contributed by atoms with Crippen LogP contribution >= 0.6 is 27.3 Å². The molecule has 6 rings (SSSR count). The van der Waals surface area contributed by atoms with E-state index in [1.807, 2.05) is 77.1 Å². The number of para-hydroxylation sites is 1. The van der Waals surface area contributed by atoms with E-state index >= 15 is 0 Å². The van der Waals surface area contributed by atoms with E-state index in [1.165, 1.54) is 9.55 Å². The maximum atomic E-state index is 13.8. The van der Waals surface area contributed by atoms with Crippen molar-refractivity contribution >= 4 is 56.0 Å². The number of benzene rings is 2. The topological polar surface area (TPSA) is 81.3 Å². The number of amides is 1. The lowest BCUT2D eigenvalue weighted by Gasteiger charge is -2.20. The molecule has 0 spiro atoms. The first-order valence-corrected chi connectivity index (χ1v) is 16.1. The molecule has 1 amide bonds. The number of aryl methyl sites for hydroxylation is 2. The normalized spacial score (nSPS) is 13.5. The summed E-state index contributed by atoms with van der Waals surface area (Å²) in [7, 11) is 0. The molecule has 3 aromatic heterocycles. The first-order valence-electron chi connectivity index (χ1n) is 14.5. The second-order valence-corrected chi connectivity index (χ2v) is 14.1. The van der Waals surface area contributed by atoms with Crippen LogP contribution in [-0.4, -0.2) is 26.3 Å². The number of carbonyl (C=O) groups is 1. The average Bonchev–Trinajstić information content (AvgIpc) is 3.48. The van der Waals surface area contributed by atoms with Gasteiger partial charge in [0.1, 0.15) is 10.8 Å². The van der Waals surface area contributed by atoms with Gasteiger partial charge in [-0.1, -0.05) is 54.9 Å². The zero-order valence-corrected chi connectivity index (χ0v) is 27.4. The summed E-state index contributed by atoms with van der Waals surface area (Å²) in [6.07, 6.45) is 5.84. The summed E-state index contributed by atoms with van der Waals surface area (Å²) in [5.74, 6) is 0.501. The number of hydrogen-bond donors (Lipinski definition) is 1. The number of nitrogens with zero attached hydrogens (tertiary/aromatic N) is 4. The smallest absolute Gasteiger partial charge is 0.282 e. The van der Waals surface area contributed by atoms with E-state index in [0.29, 0.717) is 16.7 Å². The Hall–Kier alpha value is -3.82. The number of nitrogens with one attached hydrogen (secondary N) is 1. The zero-order valence-electron chi connectivity index (χ0n) is 25.0. The van der Waals surface area contributed by atoms with Gasteiger partial charge in [0.25, 0.3) is 11.5 Å². The van der Waals surface area contributed by atoms with Gasteiger partial charge in [-0.3, -0.25) is 9.59 Å². The number of rotatable bonds is 5. The highest BCUT2D eigenvalue weighted by Crippen LogP contribution is 2.39. The van der Waals surface area contributed by atoms with Crippen molar-refractivity contribution in [1.29, 1.82) is 0 Å². The van der Waals surface area contributed by atoms with Crippen LogP contribution in [-0.2, 0) is 18.3 Å². The van der Waals surface area contributed by atoms with Crippen molar-refractivity contribution in [3.63, 3.8) is 0 Å². The van der Waals surface area contributed by atoms with Crippen molar-refractivity contribution in [1.82, 2.24) is 14.2 Å². The molecule has 0 saturated carbocycles. The summed E-state index contributed by atoms with van der Waals surface area (Å²) in [6, 6.07) is 17.2.